The third-order valence-corrected chi connectivity index (χ3v) is 1.99. The number of carbonyl (C=O) groups is 1. The summed E-state index contributed by atoms with van der Waals surface area (Å²) < 4.78 is 22.6. The Bertz CT molecular complexity index is 373. The van der Waals surface area contributed by atoms with Gasteiger partial charge < -0.3 is 9.47 Å². The Morgan fingerprint density at radius 1 is 1.56 bits per heavy atom. The fourth-order valence-corrected chi connectivity index (χ4v) is 1.16. The summed E-state index contributed by atoms with van der Waals surface area (Å²) in [6, 6.07) is 0.984. The highest BCUT2D eigenvalue weighted by molar-refractivity contribution is 6.32. The van der Waals surface area contributed by atoms with Crippen LogP contribution in [0.2, 0.25) is 5.15 Å². The van der Waals surface area contributed by atoms with Gasteiger partial charge in [-0.2, -0.15) is 0 Å². The molecule has 0 aliphatic heterocycles. The maximum absolute atomic E-state index is 12.8. The number of halogens is 2. The van der Waals surface area contributed by atoms with Crippen molar-refractivity contribution >= 4 is 17.6 Å². The lowest BCUT2D eigenvalue weighted by atomic mass is 10.3. The van der Waals surface area contributed by atoms with Gasteiger partial charge in [0.05, 0.1) is 18.4 Å². The Morgan fingerprint density at radius 2 is 2.31 bits per heavy atom. The first kappa shape index (κ1) is 12.9. The molecular formula is C10H11ClFNO3. The average molecular weight is 248 g/mol. The van der Waals surface area contributed by atoms with Gasteiger partial charge in [-0.05, 0) is 13.0 Å². The third kappa shape index (κ3) is 3.75. The van der Waals surface area contributed by atoms with Crippen molar-refractivity contribution in [3.05, 3.63) is 28.8 Å². The van der Waals surface area contributed by atoms with E-state index in [9.17, 15) is 9.18 Å². The Labute approximate surface area is 97.3 Å². The van der Waals surface area contributed by atoms with Crippen LogP contribution in [0, 0.1) is 5.82 Å². The number of hydrogen-bond donors (Lipinski definition) is 0. The van der Waals surface area contributed by atoms with Crippen molar-refractivity contribution in [2.24, 2.45) is 0 Å². The minimum Gasteiger partial charge on any atom is -0.460 e. The predicted molar refractivity (Wildman–Crippen MR) is 56.0 cm³/mol. The van der Waals surface area contributed by atoms with E-state index in [4.69, 9.17) is 21.1 Å². The molecule has 6 heteroatoms. The number of ether oxygens (including phenoxy) is 2. The highest BCUT2D eigenvalue weighted by atomic mass is 35.5. The summed E-state index contributed by atoms with van der Waals surface area (Å²) in [4.78, 5) is 14.9. The van der Waals surface area contributed by atoms with Crippen LogP contribution in [-0.2, 0) is 9.47 Å². The molecule has 0 spiro atoms. The topological polar surface area (TPSA) is 48.4 Å². The lowest BCUT2D eigenvalue weighted by Gasteiger charge is -2.05. The summed E-state index contributed by atoms with van der Waals surface area (Å²) in [6.45, 7) is 2.76. The van der Waals surface area contributed by atoms with Crippen LogP contribution >= 0.6 is 11.6 Å². The van der Waals surface area contributed by atoms with Crippen molar-refractivity contribution in [2.75, 3.05) is 19.8 Å². The summed E-state index contributed by atoms with van der Waals surface area (Å²) in [5.74, 6) is -1.35. The average Bonchev–Trinajstić information content (AvgIpc) is 2.27. The van der Waals surface area contributed by atoms with Gasteiger partial charge >= 0.3 is 5.97 Å². The van der Waals surface area contributed by atoms with Crippen molar-refractivity contribution in [1.82, 2.24) is 4.98 Å². The molecular weight excluding hydrogens is 237 g/mol. The quantitative estimate of drug-likeness (QED) is 0.454. The van der Waals surface area contributed by atoms with Crippen LogP contribution in [-0.4, -0.2) is 30.8 Å². The first-order valence-corrected chi connectivity index (χ1v) is 5.09. The smallest absolute Gasteiger partial charge is 0.341 e. The predicted octanol–water partition coefficient (Wildman–Crippen LogP) is 2.07. The molecule has 0 bridgehead atoms. The van der Waals surface area contributed by atoms with Gasteiger partial charge in [0.25, 0.3) is 0 Å². The zero-order valence-electron chi connectivity index (χ0n) is 8.70. The number of aromatic nitrogens is 1. The van der Waals surface area contributed by atoms with Gasteiger partial charge in [-0.15, -0.1) is 0 Å². The molecule has 0 aliphatic carbocycles. The third-order valence-electron chi connectivity index (χ3n) is 1.69. The molecule has 1 heterocycles. The fourth-order valence-electron chi connectivity index (χ4n) is 0.981. The highest BCUT2D eigenvalue weighted by Gasteiger charge is 2.13. The van der Waals surface area contributed by atoms with Crippen LogP contribution in [0.3, 0.4) is 0 Å². The van der Waals surface area contributed by atoms with Gasteiger partial charge in [-0.25, -0.2) is 14.2 Å². The number of rotatable bonds is 5. The molecule has 0 fully saturated rings. The molecule has 1 aromatic rings. The fraction of sp³-hybridized carbons (Fsp3) is 0.400. The molecule has 0 N–H and O–H groups in total. The van der Waals surface area contributed by atoms with Crippen LogP contribution in [0.15, 0.2) is 12.3 Å². The minimum atomic E-state index is -0.711. The van der Waals surface area contributed by atoms with Gasteiger partial charge in [0.1, 0.15) is 17.6 Å². The largest absolute Gasteiger partial charge is 0.460 e. The molecule has 0 saturated heterocycles. The number of hydrogen-bond acceptors (Lipinski definition) is 4. The second kappa shape index (κ2) is 6.40. The minimum absolute atomic E-state index is 0.0807. The lowest BCUT2D eigenvalue weighted by molar-refractivity contribution is 0.0334. The van der Waals surface area contributed by atoms with Gasteiger partial charge in [-0.1, -0.05) is 11.6 Å². The van der Waals surface area contributed by atoms with Crippen molar-refractivity contribution in [3.63, 3.8) is 0 Å². The van der Waals surface area contributed by atoms with Gasteiger partial charge in [0, 0.05) is 6.61 Å². The molecule has 0 radical (unpaired) electrons. The van der Waals surface area contributed by atoms with E-state index in [-0.39, 0.29) is 17.3 Å². The number of esters is 1. The van der Waals surface area contributed by atoms with E-state index in [2.05, 4.69) is 4.98 Å². The summed E-state index contributed by atoms with van der Waals surface area (Å²) in [5.41, 5.74) is -0.0850. The summed E-state index contributed by atoms with van der Waals surface area (Å²) in [7, 11) is 0. The first-order valence-electron chi connectivity index (χ1n) is 4.71. The molecule has 1 rings (SSSR count). The zero-order chi connectivity index (χ0) is 12.0. The van der Waals surface area contributed by atoms with Crippen LogP contribution in [0.1, 0.15) is 17.3 Å². The van der Waals surface area contributed by atoms with E-state index in [0.29, 0.717) is 13.2 Å². The van der Waals surface area contributed by atoms with E-state index >= 15 is 0 Å². The lowest BCUT2D eigenvalue weighted by Crippen LogP contribution is -2.12. The summed E-state index contributed by atoms with van der Waals surface area (Å²) in [5, 5.41) is -0.0807. The van der Waals surface area contributed by atoms with Gasteiger partial charge in [0.15, 0.2) is 0 Å². The second-order valence-corrected chi connectivity index (χ2v) is 3.18. The SMILES string of the molecule is CCOCCOC(=O)c1cc(F)cnc1Cl. The molecule has 0 aliphatic rings. The Balaban J connectivity index is 2.55. The molecule has 88 valence electrons. The second-order valence-electron chi connectivity index (χ2n) is 2.82. The zero-order valence-corrected chi connectivity index (χ0v) is 9.46. The Morgan fingerprint density at radius 3 is 3.00 bits per heavy atom. The monoisotopic (exact) mass is 247 g/mol. The molecule has 1 aromatic heterocycles. The van der Waals surface area contributed by atoms with Crippen molar-refractivity contribution < 1.29 is 18.7 Å². The van der Waals surface area contributed by atoms with Crippen LogP contribution in [0.25, 0.3) is 0 Å². The number of nitrogens with zero attached hydrogens (tertiary/aromatic N) is 1. The molecule has 0 saturated carbocycles. The van der Waals surface area contributed by atoms with Crippen LogP contribution in [0.5, 0.6) is 0 Å². The maximum Gasteiger partial charge on any atom is 0.341 e. The Hall–Kier alpha value is -1.20. The van der Waals surface area contributed by atoms with Gasteiger partial charge in [0.2, 0.25) is 0 Å². The van der Waals surface area contributed by atoms with E-state index in [1.54, 1.807) is 0 Å². The molecule has 0 atom stereocenters. The van der Waals surface area contributed by atoms with Crippen LogP contribution < -0.4 is 0 Å². The number of pyridine rings is 1. The molecule has 4 nitrogen and oxygen atoms in total. The molecule has 16 heavy (non-hydrogen) atoms. The first-order chi connectivity index (χ1) is 7.65. The summed E-state index contributed by atoms with van der Waals surface area (Å²) in [6.07, 6.45) is 0.930. The van der Waals surface area contributed by atoms with E-state index < -0.39 is 11.8 Å². The molecule has 0 aromatic carbocycles. The van der Waals surface area contributed by atoms with E-state index in [1.807, 2.05) is 6.92 Å². The molecule has 0 unspecified atom stereocenters. The van der Waals surface area contributed by atoms with Crippen LogP contribution in [0.4, 0.5) is 4.39 Å². The normalized spacial score (nSPS) is 10.2. The van der Waals surface area contributed by atoms with Crippen molar-refractivity contribution in [2.45, 2.75) is 6.92 Å². The highest BCUT2D eigenvalue weighted by Crippen LogP contribution is 2.14. The summed E-state index contributed by atoms with van der Waals surface area (Å²) >= 11 is 5.62. The van der Waals surface area contributed by atoms with Crippen molar-refractivity contribution in [1.29, 1.82) is 0 Å². The van der Waals surface area contributed by atoms with Gasteiger partial charge in [-0.3, -0.25) is 0 Å². The number of carbonyl (C=O) groups excluding carboxylic acids is 1. The standard InChI is InChI=1S/C10H11ClFNO3/c1-2-15-3-4-16-10(14)8-5-7(12)6-13-9(8)11/h5-6H,2-4H2,1H3. The van der Waals surface area contributed by atoms with E-state index in [0.717, 1.165) is 12.3 Å². The van der Waals surface area contributed by atoms with E-state index in [1.165, 1.54) is 0 Å². The Kier molecular flexibility index (Phi) is 5.14. The molecule has 0 amide bonds. The maximum atomic E-state index is 12.8. The van der Waals surface area contributed by atoms with Crippen molar-refractivity contribution in [3.8, 4) is 0 Å².